The van der Waals surface area contributed by atoms with Crippen LogP contribution in [0.4, 0.5) is 13.2 Å². The molecule has 1 saturated carbocycles. The molecule has 1 aliphatic carbocycles. The highest BCUT2D eigenvalue weighted by Crippen LogP contribution is 2.34. The van der Waals surface area contributed by atoms with Gasteiger partial charge in [-0.2, -0.15) is 18.3 Å². The minimum Gasteiger partial charge on any atom is -0.310 e. The molecular weight excluding hydrogens is 303 g/mol. The lowest BCUT2D eigenvalue weighted by Gasteiger charge is -2.15. The summed E-state index contributed by atoms with van der Waals surface area (Å²) >= 11 is 5.75. The zero-order valence-corrected chi connectivity index (χ0v) is 11.7. The summed E-state index contributed by atoms with van der Waals surface area (Å²) in [5.74, 6) is 0. The number of rotatable bonds is 4. The molecular formula is C14H13ClF3N3. The lowest BCUT2D eigenvalue weighted by atomic mass is 10.1. The minimum atomic E-state index is -4.40. The van der Waals surface area contributed by atoms with Crippen molar-refractivity contribution in [1.82, 2.24) is 15.1 Å². The van der Waals surface area contributed by atoms with E-state index in [9.17, 15) is 13.2 Å². The topological polar surface area (TPSA) is 29.9 Å². The SMILES string of the molecule is FC(F)(F)c1cc(-n2cc(Cl)cn2)ccc1CNC1CC1. The van der Waals surface area contributed by atoms with Crippen molar-refractivity contribution in [2.45, 2.75) is 31.6 Å². The minimum absolute atomic E-state index is 0.222. The van der Waals surface area contributed by atoms with Gasteiger partial charge in [-0.15, -0.1) is 0 Å². The zero-order chi connectivity index (χ0) is 15.0. The van der Waals surface area contributed by atoms with Gasteiger partial charge in [-0.1, -0.05) is 17.7 Å². The van der Waals surface area contributed by atoms with Crippen LogP contribution in [0, 0.1) is 0 Å². The van der Waals surface area contributed by atoms with Crippen LogP contribution in [0.25, 0.3) is 5.69 Å². The number of hydrogen-bond acceptors (Lipinski definition) is 2. The van der Waals surface area contributed by atoms with Gasteiger partial charge in [-0.25, -0.2) is 4.68 Å². The first-order chi connectivity index (χ1) is 9.93. The van der Waals surface area contributed by atoms with Crippen LogP contribution in [0.2, 0.25) is 5.02 Å². The summed E-state index contributed by atoms with van der Waals surface area (Å²) < 4.78 is 40.9. The highest BCUT2D eigenvalue weighted by molar-refractivity contribution is 6.30. The first-order valence-corrected chi connectivity index (χ1v) is 6.95. The van der Waals surface area contributed by atoms with Gasteiger partial charge in [0.2, 0.25) is 0 Å². The molecule has 0 bridgehead atoms. The molecule has 3 nitrogen and oxygen atoms in total. The van der Waals surface area contributed by atoms with Crippen molar-refractivity contribution in [3.05, 3.63) is 46.7 Å². The van der Waals surface area contributed by atoms with Crippen molar-refractivity contribution in [1.29, 1.82) is 0 Å². The van der Waals surface area contributed by atoms with E-state index in [1.807, 2.05) is 0 Å². The molecule has 1 aromatic carbocycles. The second-order valence-electron chi connectivity index (χ2n) is 5.10. The van der Waals surface area contributed by atoms with E-state index in [1.165, 1.54) is 23.1 Å². The van der Waals surface area contributed by atoms with Gasteiger partial charge in [-0.3, -0.25) is 0 Å². The van der Waals surface area contributed by atoms with Gasteiger partial charge < -0.3 is 5.32 Å². The maximum atomic E-state index is 13.2. The number of aromatic nitrogens is 2. The number of hydrogen-bond donors (Lipinski definition) is 1. The van der Waals surface area contributed by atoms with Crippen LogP contribution < -0.4 is 5.32 Å². The maximum Gasteiger partial charge on any atom is 0.416 e. The summed E-state index contributed by atoms with van der Waals surface area (Å²) in [4.78, 5) is 0. The Labute approximate surface area is 124 Å². The molecule has 0 radical (unpaired) electrons. The van der Waals surface area contributed by atoms with E-state index in [4.69, 9.17) is 11.6 Å². The molecule has 0 atom stereocenters. The molecule has 0 saturated heterocycles. The predicted molar refractivity (Wildman–Crippen MR) is 73.4 cm³/mol. The molecule has 0 amide bonds. The van der Waals surface area contributed by atoms with Gasteiger partial charge in [0.05, 0.1) is 22.5 Å². The Kier molecular flexibility index (Phi) is 3.67. The standard InChI is InChI=1S/C14H13ClF3N3/c15-10-7-20-21(8-10)12-4-1-9(6-19-11-2-3-11)13(5-12)14(16,17)18/h1,4-5,7-8,11,19H,2-3,6H2. The smallest absolute Gasteiger partial charge is 0.310 e. The van der Waals surface area contributed by atoms with E-state index in [-0.39, 0.29) is 12.1 Å². The van der Waals surface area contributed by atoms with Gasteiger partial charge >= 0.3 is 6.18 Å². The third-order valence-corrected chi connectivity index (χ3v) is 3.57. The normalized spacial score (nSPS) is 15.4. The highest BCUT2D eigenvalue weighted by Gasteiger charge is 2.34. The molecule has 0 spiro atoms. The van der Waals surface area contributed by atoms with E-state index in [2.05, 4.69) is 10.4 Å². The Morgan fingerprint density at radius 1 is 1.33 bits per heavy atom. The Morgan fingerprint density at radius 2 is 2.10 bits per heavy atom. The van der Waals surface area contributed by atoms with Gasteiger partial charge in [0.25, 0.3) is 0 Å². The summed E-state index contributed by atoms with van der Waals surface area (Å²) in [6, 6.07) is 4.56. The van der Waals surface area contributed by atoms with E-state index < -0.39 is 11.7 Å². The first-order valence-electron chi connectivity index (χ1n) is 6.57. The third kappa shape index (κ3) is 3.39. The van der Waals surface area contributed by atoms with Crippen LogP contribution in [0.5, 0.6) is 0 Å². The molecule has 112 valence electrons. The van der Waals surface area contributed by atoms with E-state index in [1.54, 1.807) is 6.07 Å². The fourth-order valence-electron chi connectivity index (χ4n) is 2.11. The number of nitrogens with zero attached hydrogens (tertiary/aromatic N) is 2. The van der Waals surface area contributed by atoms with Gasteiger partial charge in [0, 0.05) is 18.8 Å². The average Bonchev–Trinajstić information content (AvgIpc) is 3.16. The van der Waals surface area contributed by atoms with Gasteiger partial charge in [0.15, 0.2) is 0 Å². The lowest BCUT2D eigenvalue weighted by Crippen LogP contribution is -2.19. The van der Waals surface area contributed by atoms with Crippen molar-refractivity contribution in [3.8, 4) is 5.69 Å². The zero-order valence-electron chi connectivity index (χ0n) is 11.0. The summed E-state index contributed by atoms with van der Waals surface area (Å²) in [6.45, 7) is 0.222. The Bertz CT molecular complexity index is 647. The van der Waals surface area contributed by atoms with Gasteiger partial charge in [-0.05, 0) is 30.5 Å². The van der Waals surface area contributed by atoms with Crippen molar-refractivity contribution in [3.63, 3.8) is 0 Å². The fraction of sp³-hybridized carbons (Fsp3) is 0.357. The number of benzene rings is 1. The van der Waals surface area contributed by atoms with Gasteiger partial charge in [0.1, 0.15) is 0 Å². The van der Waals surface area contributed by atoms with Crippen LogP contribution in [0.3, 0.4) is 0 Å². The Hall–Kier alpha value is -1.53. The summed E-state index contributed by atoms with van der Waals surface area (Å²) in [5, 5.41) is 7.41. The summed E-state index contributed by atoms with van der Waals surface area (Å²) in [7, 11) is 0. The quantitative estimate of drug-likeness (QED) is 0.930. The number of nitrogens with one attached hydrogen (secondary N) is 1. The molecule has 1 fully saturated rings. The molecule has 21 heavy (non-hydrogen) atoms. The van der Waals surface area contributed by atoms with E-state index in [0.29, 0.717) is 16.8 Å². The molecule has 0 aliphatic heterocycles. The Morgan fingerprint density at radius 3 is 2.67 bits per heavy atom. The second kappa shape index (κ2) is 5.35. The number of alkyl halides is 3. The van der Waals surface area contributed by atoms with Crippen molar-refractivity contribution in [2.24, 2.45) is 0 Å². The molecule has 1 aliphatic rings. The van der Waals surface area contributed by atoms with E-state index >= 15 is 0 Å². The predicted octanol–water partition coefficient (Wildman–Crippen LogP) is 3.80. The average molecular weight is 316 g/mol. The third-order valence-electron chi connectivity index (χ3n) is 3.37. The second-order valence-corrected chi connectivity index (χ2v) is 5.53. The van der Waals surface area contributed by atoms with Crippen LogP contribution in [-0.4, -0.2) is 15.8 Å². The van der Waals surface area contributed by atoms with E-state index in [0.717, 1.165) is 18.9 Å². The van der Waals surface area contributed by atoms with Crippen molar-refractivity contribution in [2.75, 3.05) is 0 Å². The molecule has 3 rings (SSSR count). The number of halogens is 4. The monoisotopic (exact) mass is 315 g/mol. The molecule has 1 aromatic heterocycles. The largest absolute Gasteiger partial charge is 0.416 e. The molecule has 2 aromatic rings. The van der Waals surface area contributed by atoms with Crippen LogP contribution in [0.1, 0.15) is 24.0 Å². The molecule has 1 heterocycles. The lowest BCUT2D eigenvalue weighted by molar-refractivity contribution is -0.138. The van der Waals surface area contributed by atoms with Crippen molar-refractivity contribution < 1.29 is 13.2 Å². The highest BCUT2D eigenvalue weighted by atomic mass is 35.5. The summed E-state index contributed by atoms with van der Waals surface area (Å²) in [6.07, 6.45) is 0.528. The first kappa shape index (κ1) is 14.4. The van der Waals surface area contributed by atoms with Crippen LogP contribution >= 0.6 is 11.6 Å². The Balaban J connectivity index is 1.93. The summed E-state index contributed by atoms with van der Waals surface area (Å²) in [5.41, 5.74) is -0.0550. The maximum absolute atomic E-state index is 13.2. The molecule has 0 unspecified atom stereocenters. The van der Waals surface area contributed by atoms with Crippen molar-refractivity contribution >= 4 is 11.6 Å². The fourth-order valence-corrected chi connectivity index (χ4v) is 2.24. The molecule has 7 heteroatoms. The van der Waals surface area contributed by atoms with Crippen LogP contribution in [-0.2, 0) is 12.7 Å². The molecule has 1 N–H and O–H groups in total. The van der Waals surface area contributed by atoms with Crippen LogP contribution in [0.15, 0.2) is 30.6 Å².